The van der Waals surface area contributed by atoms with Crippen molar-refractivity contribution in [1.29, 1.82) is 0 Å². The molecule has 4 nitrogen and oxygen atoms in total. The molecule has 2 aromatic rings. The van der Waals surface area contributed by atoms with Crippen molar-refractivity contribution >= 4 is 33.5 Å². The van der Waals surface area contributed by atoms with E-state index < -0.39 is 17.7 Å². The minimum Gasteiger partial charge on any atom is -0.481 e. The van der Waals surface area contributed by atoms with Crippen molar-refractivity contribution in [1.82, 2.24) is 0 Å². The van der Waals surface area contributed by atoms with E-state index in [1.807, 2.05) is 0 Å². The number of carbonyl (C=O) groups excluding carboxylic acids is 1. The minimum atomic E-state index is -0.986. The minimum absolute atomic E-state index is 0.193. The fourth-order valence-corrected chi connectivity index (χ4v) is 2.35. The van der Waals surface area contributed by atoms with Gasteiger partial charge in [0, 0.05) is 10.2 Å². The Hall–Kier alpha value is -2.21. The third kappa shape index (κ3) is 3.88. The van der Waals surface area contributed by atoms with Gasteiger partial charge in [-0.05, 0) is 45.8 Å². The van der Waals surface area contributed by atoms with E-state index in [2.05, 4.69) is 21.2 Å². The second-order valence-electron chi connectivity index (χ2n) is 4.31. The van der Waals surface area contributed by atoms with E-state index in [4.69, 9.17) is 5.11 Å². The van der Waals surface area contributed by atoms with Crippen molar-refractivity contribution in [2.24, 2.45) is 0 Å². The quantitative estimate of drug-likeness (QED) is 0.886. The van der Waals surface area contributed by atoms with Crippen LogP contribution in [0.3, 0.4) is 0 Å². The number of halogens is 2. The van der Waals surface area contributed by atoms with Crippen molar-refractivity contribution in [2.45, 2.75) is 6.42 Å². The molecular formula is C15H11BrFNO3. The Kier molecular flexibility index (Phi) is 4.70. The van der Waals surface area contributed by atoms with Gasteiger partial charge in [-0.25, -0.2) is 4.39 Å². The summed E-state index contributed by atoms with van der Waals surface area (Å²) in [6.07, 6.45) is -0.193. The van der Waals surface area contributed by atoms with Crippen molar-refractivity contribution in [2.75, 3.05) is 5.32 Å². The Bertz CT molecular complexity index is 703. The van der Waals surface area contributed by atoms with Crippen LogP contribution in [0.25, 0.3) is 0 Å². The monoisotopic (exact) mass is 351 g/mol. The Morgan fingerprint density at radius 2 is 1.90 bits per heavy atom. The molecule has 2 N–H and O–H groups in total. The maximum atomic E-state index is 13.0. The van der Waals surface area contributed by atoms with Crippen LogP contribution >= 0.6 is 15.9 Å². The highest BCUT2D eigenvalue weighted by Gasteiger charge is 2.13. The predicted molar refractivity (Wildman–Crippen MR) is 79.8 cm³/mol. The SMILES string of the molecule is O=C(O)Cc1ccccc1NC(=O)c1ccc(F)cc1Br. The molecule has 0 aliphatic carbocycles. The van der Waals surface area contributed by atoms with Gasteiger partial charge in [0.05, 0.1) is 12.0 Å². The van der Waals surface area contributed by atoms with Crippen LogP contribution in [0, 0.1) is 5.82 Å². The average molecular weight is 352 g/mol. The summed E-state index contributed by atoms with van der Waals surface area (Å²) < 4.78 is 13.3. The van der Waals surface area contributed by atoms with Crippen LogP contribution in [-0.4, -0.2) is 17.0 Å². The van der Waals surface area contributed by atoms with Gasteiger partial charge in [-0.2, -0.15) is 0 Å². The maximum absolute atomic E-state index is 13.0. The zero-order valence-corrected chi connectivity index (χ0v) is 12.4. The molecule has 0 bridgehead atoms. The number of carboxylic acids is 1. The number of rotatable bonds is 4. The second-order valence-corrected chi connectivity index (χ2v) is 5.16. The molecule has 2 rings (SSSR count). The molecule has 0 saturated heterocycles. The average Bonchev–Trinajstić information content (AvgIpc) is 2.40. The highest BCUT2D eigenvalue weighted by molar-refractivity contribution is 9.10. The lowest BCUT2D eigenvalue weighted by atomic mass is 10.1. The van der Waals surface area contributed by atoms with Crippen LogP contribution in [0.15, 0.2) is 46.9 Å². The van der Waals surface area contributed by atoms with Crippen LogP contribution in [0.2, 0.25) is 0 Å². The fraction of sp³-hybridized carbons (Fsp3) is 0.0667. The van der Waals surface area contributed by atoms with E-state index in [1.165, 1.54) is 18.2 Å². The molecule has 108 valence electrons. The first-order valence-electron chi connectivity index (χ1n) is 6.03. The van der Waals surface area contributed by atoms with Gasteiger partial charge < -0.3 is 10.4 Å². The summed E-state index contributed by atoms with van der Waals surface area (Å²) in [5, 5.41) is 11.5. The van der Waals surface area contributed by atoms with Crippen molar-refractivity contribution in [3.8, 4) is 0 Å². The molecule has 0 spiro atoms. The fourth-order valence-electron chi connectivity index (χ4n) is 1.82. The molecule has 0 aliphatic rings. The highest BCUT2D eigenvalue weighted by atomic mass is 79.9. The van der Waals surface area contributed by atoms with Gasteiger partial charge in [0.1, 0.15) is 5.82 Å². The van der Waals surface area contributed by atoms with Gasteiger partial charge in [0.25, 0.3) is 5.91 Å². The lowest BCUT2D eigenvalue weighted by Crippen LogP contribution is -2.15. The number of hydrogen-bond donors (Lipinski definition) is 2. The van der Waals surface area contributed by atoms with Crippen LogP contribution in [0.4, 0.5) is 10.1 Å². The van der Waals surface area contributed by atoms with E-state index in [0.29, 0.717) is 15.7 Å². The predicted octanol–water partition coefficient (Wildman–Crippen LogP) is 3.47. The molecule has 0 atom stereocenters. The van der Waals surface area contributed by atoms with Crippen LogP contribution < -0.4 is 5.32 Å². The molecule has 0 fully saturated rings. The number of aliphatic carboxylic acids is 1. The number of nitrogens with one attached hydrogen (secondary N) is 1. The molecule has 1 amide bonds. The smallest absolute Gasteiger partial charge is 0.307 e. The molecule has 21 heavy (non-hydrogen) atoms. The van der Waals surface area contributed by atoms with Crippen molar-refractivity contribution in [3.63, 3.8) is 0 Å². The first-order chi connectivity index (χ1) is 9.97. The normalized spacial score (nSPS) is 10.2. The summed E-state index contributed by atoms with van der Waals surface area (Å²) in [6.45, 7) is 0. The third-order valence-corrected chi connectivity index (χ3v) is 3.44. The van der Waals surface area contributed by atoms with E-state index in [-0.39, 0.29) is 12.0 Å². The van der Waals surface area contributed by atoms with Gasteiger partial charge in [-0.1, -0.05) is 18.2 Å². The Balaban J connectivity index is 2.25. The number of carboxylic acid groups (broad SMARTS) is 1. The zero-order valence-electron chi connectivity index (χ0n) is 10.8. The molecule has 0 aliphatic heterocycles. The van der Waals surface area contributed by atoms with Crippen molar-refractivity contribution in [3.05, 3.63) is 63.9 Å². The van der Waals surface area contributed by atoms with Gasteiger partial charge in [-0.3, -0.25) is 9.59 Å². The number of anilines is 1. The number of carbonyl (C=O) groups is 2. The number of amides is 1. The molecule has 2 aromatic carbocycles. The topological polar surface area (TPSA) is 66.4 Å². The van der Waals surface area contributed by atoms with Crippen molar-refractivity contribution < 1.29 is 19.1 Å². The van der Waals surface area contributed by atoms with Crippen LogP contribution in [0.1, 0.15) is 15.9 Å². The summed E-state index contributed by atoms with van der Waals surface area (Å²) in [5.74, 6) is -1.89. The zero-order chi connectivity index (χ0) is 15.4. The lowest BCUT2D eigenvalue weighted by molar-refractivity contribution is -0.136. The van der Waals surface area contributed by atoms with Gasteiger partial charge in [0.15, 0.2) is 0 Å². The van der Waals surface area contributed by atoms with Gasteiger partial charge >= 0.3 is 5.97 Å². The first kappa shape index (κ1) is 15.2. The van der Waals surface area contributed by atoms with E-state index in [1.54, 1.807) is 24.3 Å². The van der Waals surface area contributed by atoms with Crippen LogP contribution in [0.5, 0.6) is 0 Å². The second kappa shape index (κ2) is 6.49. The number of benzene rings is 2. The maximum Gasteiger partial charge on any atom is 0.307 e. The largest absolute Gasteiger partial charge is 0.481 e. The molecule has 6 heteroatoms. The molecule has 0 aromatic heterocycles. The molecule has 0 unspecified atom stereocenters. The standard InChI is InChI=1S/C15H11BrFNO3/c16-12-8-10(17)5-6-11(12)15(21)18-13-4-2-1-3-9(13)7-14(19)20/h1-6,8H,7H2,(H,18,21)(H,19,20). The number of para-hydroxylation sites is 1. The Labute approximate surface area is 128 Å². The van der Waals surface area contributed by atoms with E-state index in [0.717, 1.165) is 0 Å². The van der Waals surface area contributed by atoms with Gasteiger partial charge in [0.2, 0.25) is 0 Å². The molecule has 0 heterocycles. The third-order valence-electron chi connectivity index (χ3n) is 2.78. The summed E-state index contributed by atoms with van der Waals surface area (Å²) in [4.78, 5) is 23.0. The number of hydrogen-bond acceptors (Lipinski definition) is 2. The molecule has 0 saturated carbocycles. The summed E-state index contributed by atoms with van der Waals surface area (Å²) in [5.41, 5.74) is 1.18. The Morgan fingerprint density at radius 3 is 2.57 bits per heavy atom. The summed E-state index contributed by atoms with van der Waals surface area (Å²) >= 11 is 3.12. The molecule has 0 radical (unpaired) electrons. The summed E-state index contributed by atoms with van der Waals surface area (Å²) in [7, 11) is 0. The highest BCUT2D eigenvalue weighted by Crippen LogP contribution is 2.21. The Morgan fingerprint density at radius 1 is 1.19 bits per heavy atom. The van der Waals surface area contributed by atoms with Crippen LogP contribution in [-0.2, 0) is 11.2 Å². The summed E-state index contributed by atoms with van der Waals surface area (Å²) in [6, 6.07) is 10.4. The first-order valence-corrected chi connectivity index (χ1v) is 6.83. The molecular weight excluding hydrogens is 341 g/mol. The van der Waals surface area contributed by atoms with E-state index >= 15 is 0 Å². The lowest BCUT2D eigenvalue weighted by Gasteiger charge is -2.10. The van der Waals surface area contributed by atoms with E-state index in [9.17, 15) is 14.0 Å². The van der Waals surface area contributed by atoms with Gasteiger partial charge in [-0.15, -0.1) is 0 Å².